The maximum Gasteiger partial charge on any atom is 0.343 e. The SMILES string of the molecule is C=CC(=O)Oc1ccc(C(=O)Oc2ccc3cc(OC(=O)C(=C)C)ccc3c2)cc1OC(=O)C(=C)C. The molecule has 36 heavy (non-hydrogen) atoms. The maximum atomic E-state index is 12.8. The van der Waals surface area contributed by atoms with E-state index in [4.69, 9.17) is 18.9 Å². The molecule has 0 aliphatic heterocycles. The zero-order chi connectivity index (χ0) is 26.4. The number of hydrogen-bond donors (Lipinski definition) is 0. The van der Waals surface area contributed by atoms with Gasteiger partial charge in [0.05, 0.1) is 5.56 Å². The first kappa shape index (κ1) is 25.6. The fourth-order valence-electron chi connectivity index (χ4n) is 2.83. The normalized spacial score (nSPS) is 10.2. The summed E-state index contributed by atoms with van der Waals surface area (Å²) >= 11 is 0. The molecule has 3 aromatic rings. The van der Waals surface area contributed by atoms with E-state index in [2.05, 4.69) is 19.7 Å². The molecule has 0 fully saturated rings. The number of rotatable bonds is 8. The summed E-state index contributed by atoms with van der Waals surface area (Å²) in [6, 6.07) is 13.8. The number of ether oxygens (including phenoxy) is 4. The molecule has 182 valence electrons. The lowest BCUT2D eigenvalue weighted by Crippen LogP contribution is -2.13. The molecule has 0 N–H and O–H groups in total. The third kappa shape index (κ3) is 6.32. The van der Waals surface area contributed by atoms with Gasteiger partial charge in [-0.1, -0.05) is 31.9 Å². The van der Waals surface area contributed by atoms with Crippen molar-refractivity contribution in [3.05, 3.63) is 97.1 Å². The molecule has 0 amide bonds. The minimum Gasteiger partial charge on any atom is -0.423 e. The van der Waals surface area contributed by atoms with E-state index < -0.39 is 23.9 Å². The predicted molar refractivity (Wildman–Crippen MR) is 132 cm³/mol. The predicted octanol–water partition coefficient (Wildman–Crippen LogP) is 5.11. The molecule has 0 aromatic heterocycles. The minimum atomic E-state index is -0.772. The lowest BCUT2D eigenvalue weighted by atomic mass is 10.1. The van der Waals surface area contributed by atoms with Gasteiger partial charge in [-0.3, -0.25) is 0 Å². The largest absolute Gasteiger partial charge is 0.423 e. The van der Waals surface area contributed by atoms with Crippen LogP contribution in [0.5, 0.6) is 23.0 Å². The van der Waals surface area contributed by atoms with Crippen molar-refractivity contribution < 1.29 is 38.1 Å². The molecule has 0 saturated heterocycles. The van der Waals surface area contributed by atoms with Crippen LogP contribution in [0.25, 0.3) is 10.8 Å². The summed E-state index contributed by atoms with van der Waals surface area (Å²) in [6.07, 6.45) is 0.944. The summed E-state index contributed by atoms with van der Waals surface area (Å²) in [5, 5.41) is 1.49. The molecule has 0 bridgehead atoms. The molecule has 0 aliphatic carbocycles. The van der Waals surface area contributed by atoms with Crippen LogP contribution in [-0.4, -0.2) is 23.9 Å². The second kappa shape index (κ2) is 11.0. The highest BCUT2D eigenvalue weighted by Gasteiger charge is 2.18. The van der Waals surface area contributed by atoms with Crippen molar-refractivity contribution in [3.8, 4) is 23.0 Å². The van der Waals surface area contributed by atoms with E-state index >= 15 is 0 Å². The number of carbonyl (C=O) groups is 4. The fourth-order valence-corrected chi connectivity index (χ4v) is 2.83. The Labute approximate surface area is 207 Å². The molecule has 0 unspecified atom stereocenters. The molecule has 0 atom stereocenters. The molecule has 8 nitrogen and oxygen atoms in total. The van der Waals surface area contributed by atoms with Crippen molar-refractivity contribution >= 4 is 34.6 Å². The first-order valence-electron chi connectivity index (χ1n) is 10.6. The van der Waals surface area contributed by atoms with Crippen molar-refractivity contribution in [2.45, 2.75) is 13.8 Å². The van der Waals surface area contributed by atoms with E-state index in [0.29, 0.717) is 5.75 Å². The summed E-state index contributed by atoms with van der Waals surface area (Å²) in [5.74, 6) is -2.45. The van der Waals surface area contributed by atoms with Crippen LogP contribution in [0.2, 0.25) is 0 Å². The van der Waals surface area contributed by atoms with Crippen LogP contribution < -0.4 is 18.9 Å². The van der Waals surface area contributed by atoms with Crippen LogP contribution in [0.1, 0.15) is 24.2 Å². The van der Waals surface area contributed by atoms with Crippen LogP contribution in [-0.2, 0) is 14.4 Å². The first-order chi connectivity index (χ1) is 17.1. The molecular weight excluding hydrogens is 464 g/mol. The summed E-state index contributed by atoms with van der Waals surface area (Å²) in [4.78, 5) is 48.1. The van der Waals surface area contributed by atoms with Gasteiger partial charge in [0.2, 0.25) is 0 Å². The highest BCUT2D eigenvalue weighted by molar-refractivity contribution is 5.95. The smallest absolute Gasteiger partial charge is 0.343 e. The van der Waals surface area contributed by atoms with Crippen molar-refractivity contribution in [1.82, 2.24) is 0 Å². The molecule has 0 spiro atoms. The topological polar surface area (TPSA) is 105 Å². The summed E-state index contributed by atoms with van der Waals surface area (Å²) < 4.78 is 21.0. The first-order valence-corrected chi connectivity index (χ1v) is 10.6. The Morgan fingerprint density at radius 1 is 0.667 bits per heavy atom. The summed E-state index contributed by atoms with van der Waals surface area (Å²) in [6.45, 7) is 13.4. The molecular formula is C28H22O8. The van der Waals surface area contributed by atoms with Gasteiger partial charge in [-0.15, -0.1) is 0 Å². The second-order valence-electron chi connectivity index (χ2n) is 7.69. The Hall–Kier alpha value is -4.98. The lowest BCUT2D eigenvalue weighted by molar-refractivity contribution is -0.132. The van der Waals surface area contributed by atoms with Gasteiger partial charge < -0.3 is 18.9 Å². The molecule has 0 saturated carbocycles. The third-order valence-corrected chi connectivity index (χ3v) is 4.66. The van der Waals surface area contributed by atoms with Crippen LogP contribution in [0, 0.1) is 0 Å². The summed E-state index contributed by atoms with van der Waals surface area (Å²) in [5.41, 5.74) is 0.430. The quantitative estimate of drug-likeness (QED) is 0.246. The lowest BCUT2D eigenvalue weighted by Gasteiger charge is -2.12. The number of carbonyl (C=O) groups excluding carboxylic acids is 4. The van der Waals surface area contributed by atoms with Gasteiger partial charge >= 0.3 is 23.9 Å². The molecule has 3 aromatic carbocycles. The van der Waals surface area contributed by atoms with Crippen LogP contribution in [0.15, 0.2) is 91.6 Å². The Morgan fingerprint density at radius 2 is 1.22 bits per heavy atom. The Morgan fingerprint density at radius 3 is 1.78 bits per heavy atom. The van der Waals surface area contributed by atoms with Crippen LogP contribution in [0.4, 0.5) is 0 Å². The number of esters is 4. The van der Waals surface area contributed by atoms with Gasteiger partial charge in [-0.05, 0) is 67.1 Å². The van der Waals surface area contributed by atoms with Crippen molar-refractivity contribution in [2.75, 3.05) is 0 Å². The van der Waals surface area contributed by atoms with Gasteiger partial charge in [0.15, 0.2) is 11.5 Å². The highest BCUT2D eigenvalue weighted by Crippen LogP contribution is 2.31. The van der Waals surface area contributed by atoms with Gasteiger partial charge in [-0.2, -0.15) is 0 Å². The van der Waals surface area contributed by atoms with E-state index in [1.54, 1.807) is 43.3 Å². The van der Waals surface area contributed by atoms with Gasteiger partial charge in [0.25, 0.3) is 0 Å². The number of hydrogen-bond acceptors (Lipinski definition) is 8. The highest BCUT2D eigenvalue weighted by atomic mass is 16.6. The van der Waals surface area contributed by atoms with Crippen molar-refractivity contribution in [3.63, 3.8) is 0 Å². The molecule has 3 rings (SSSR count). The Bertz CT molecular complexity index is 1430. The van der Waals surface area contributed by atoms with E-state index in [0.717, 1.165) is 16.8 Å². The maximum absolute atomic E-state index is 12.8. The fraction of sp³-hybridized carbons (Fsp3) is 0.0714. The van der Waals surface area contributed by atoms with E-state index in [9.17, 15) is 19.2 Å². The van der Waals surface area contributed by atoms with Crippen molar-refractivity contribution in [1.29, 1.82) is 0 Å². The average Bonchev–Trinajstić information content (AvgIpc) is 2.84. The Kier molecular flexibility index (Phi) is 7.81. The Balaban J connectivity index is 1.83. The van der Waals surface area contributed by atoms with Gasteiger partial charge in [-0.25, -0.2) is 19.2 Å². The number of fused-ring (bicyclic) bond motifs is 1. The average molecular weight is 486 g/mol. The zero-order valence-corrected chi connectivity index (χ0v) is 19.7. The minimum absolute atomic E-state index is 0.0417. The zero-order valence-electron chi connectivity index (χ0n) is 19.7. The molecule has 0 heterocycles. The third-order valence-electron chi connectivity index (χ3n) is 4.66. The molecule has 0 aliphatic rings. The summed E-state index contributed by atoms with van der Waals surface area (Å²) in [7, 11) is 0. The van der Waals surface area contributed by atoms with Crippen LogP contribution >= 0.6 is 0 Å². The molecule has 0 radical (unpaired) electrons. The molecule has 8 heteroatoms. The monoisotopic (exact) mass is 486 g/mol. The van der Waals surface area contributed by atoms with E-state index in [-0.39, 0.29) is 34.0 Å². The van der Waals surface area contributed by atoms with Crippen molar-refractivity contribution in [2.24, 2.45) is 0 Å². The van der Waals surface area contributed by atoms with E-state index in [1.165, 1.54) is 25.1 Å². The van der Waals surface area contributed by atoms with Gasteiger partial charge in [0.1, 0.15) is 11.5 Å². The standard InChI is InChI=1S/C28H22O8/c1-6-25(29)35-23-12-9-20(15-24(23)36-27(31)17(4)5)28(32)34-22-11-8-18-13-21(10-7-19(18)14-22)33-26(30)16(2)3/h6-15H,1-2,4H2,3,5H3. The van der Waals surface area contributed by atoms with E-state index in [1.807, 2.05) is 0 Å². The van der Waals surface area contributed by atoms with Crippen LogP contribution in [0.3, 0.4) is 0 Å². The number of benzene rings is 3. The van der Waals surface area contributed by atoms with Gasteiger partial charge in [0, 0.05) is 17.2 Å². The second-order valence-corrected chi connectivity index (χ2v) is 7.69.